The number of anilines is 1. The van der Waals surface area contributed by atoms with Gasteiger partial charge in [0.1, 0.15) is 16.5 Å². The number of hydrogen-bond acceptors (Lipinski definition) is 4. The summed E-state index contributed by atoms with van der Waals surface area (Å²) in [6.07, 6.45) is 0.862. The van der Waals surface area contributed by atoms with Crippen LogP contribution in [-0.2, 0) is 10.0 Å². The van der Waals surface area contributed by atoms with E-state index in [9.17, 15) is 17.6 Å². The van der Waals surface area contributed by atoms with Gasteiger partial charge < -0.3 is 5.11 Å². The lowest BCUT2D eigenvalue weighted by Crippen LogP contribution is -2.15. The van der Waals surface area contributed by atoms with Gasteiger partial charge in [0.2, 0.25) is 0 Å². The number of nitrogens with one attached hydrogen (secondary N) is 1. The van der Waals surface area contributed by atoms with Crippen LogP contribution < -0.4 is 4.72 Å². The fourth-order valence-corrected chi connectivity index (χ4v) is 3.47. The molecule has 0 amide bonds. The molecule has 2 rings (SSSR count). The summed E-state index contributed by atoms with van der Waals surface area (Å²) in [6.45, 7) is 0. The topological polar surface area (TPSA) is 96.4 Å². The number of nitrogens with zero attached hydrogens (tertiary/aromatic N) is 1. The molecule has 21 heavy (non-hydrogen) atoms. The highest BCUT2D eigenvalue weighted by atomic mass is 79.9. The SMILES string of the molecule is O=C(O)c1ccc(Br)c(S(=O)(=O)Nc2ccc(F)cn2)c1. The zero-order chi connectivity index (χ0) is 15.6. The van der Waals surface area contributed by atoms with Gasteiger partial charge in [0.15, 0.2) is 0 Å². The van der Waals surface area contributed by atoms with Gasteiger partial charge in [-0.1, -0.05) is 0 Å². The van der Waals surface area contributed by atoms with Crippen LogP contribution >= 0.6 is 15.9 Å². The van der Waals surface area contributed by atoms with Crippen LogP contribution in [0.5, 0.6) is 0 Å². The summed E-state index contributed by atoms with van der Waals surface area (Å²) in [5, 5.41) is 8.90. The van der Waals surface area contributed by atoms with Crippen molar-refractivity contribution < 1.29 is 22.7 Å². The number of hydrogen-bond donors (Lipinski definition) is 2. The summed E-state index contributed by atoms with van der Waals surface area (Å²) in [5.41, 5.74) is -0.175. The number of benzene rings is 1. The Balaban J connectivity index is 2.41. The molecule has 0 aliphatic heterocycles. The lowest BCUT2D eigenvalue weighted by atomic mass is 10.2. The maximum Gasteiger partial charge on any atom is 0.335 e. The van der Waals surface area contributed by atoms with Crippen molar-refractivity contribution in [2.24, 2.45) is 0 Å². The maximum absolute atomic E-state index is 12.7. The van der Waals surface area contributed by atoms with E-state index in [1.165, 1.54) is 12.1 Å². The van der Waals surface area contributed by atoms with Gasteiger partial charge >= 0.3 is 5.97 Å². The molecule has 0 atom stereocenters. The second-order valence-corrected chi connectivity index (χ2v) is 6.42. The van der Waals surface area contributed by atoms with Gasteiger partial charge in [-0.3, -0.25) is 4.72 Å². The Kier molecular flexibility index (Phi) is 4.24. The molecule has 110 valence electrons. The molecule has 0 bridgehead atoms. The van der Waals surface area contributed by atoms with Gasteiger partial charge in [0.25, 0.3) is 10.0 Å². The molecule has 0 saturated carbocycles. The second kappa shape index (κ2) is 5.78. The molecular formula is C12H8BrFN2O4S. The molecule has 1 aromatic carbocycles. The van der Waals surface area contributed by atoms with Crippen molar-refractivity contribution in [2.75, 3.05) is 4.72 Å². The highest BCUT2D eigenvalue weighted by Gasteiger charge is 2.20. The van der Waals surface area contributed by atoms with Crippen molar-refractivity contribution in [3.63, 3.8) is 0 Å². The molecule has 6 nitrogen and oxygen atoms in total. The Morgan fingerprint density at radius 1 is 1.29 bits per heavy atom. The van der Waals surface area contributed by atoms with E-state index in [-0.39, 0.29) is 20.7 Å². The number of aromatic carboxylic acids is 1. The van der Waals surface area contributed by atoms with Gasteiger partial charge in [-0.15, -0.1) is 0 Å². The molecule has 1 aromatic heterocycles. The summed E-state index contributed by atoms with van der Waals surface area (Å²) >= 11 is 3.05. The van der Waals surface area contributed by atoms with Crippen molar-refractivity contribution in [2.45, 2.75) is 4.90 Å². The average molecular weight is 375 g/mol. The smallest absolute Gasteiger partial charge is 0.335 e. The Hall–Kier alpha value is -2.00. The summed E-state index contributed by atoms with van der Waals surface area (Å²) in [5.74, 6) is -1.94. The molecule has 0 spiro atoms. The van der Waals surface area contributed by atoms with Gasteiger partial charge in [-0.25, -0.2) is 22.6 Å². The van der Waals surface area contributed by atoms with Gasteiger partial charge in [0, 0.05) is 4.47 Å². The molecule has 0 aliphatic rings. The number of carboxylic acids is 1. The molecule has 0 aliphatic carbocycles. The van der Waals surface area contributed by atoms with E-state index >= 15 is 0 Å². The number of pyridine rings is 1. The van der Waals surface area contributed by atoms with E-state index < -0.39 is 21.8 Å². The fourth-order valence-electron chi connectivity index (χ4n) is 1.47. The summed E-state index contributed by atoms with van der Waals surface area (Å²) in [6, 6.07) is 5.80. The predicted octanol–water partition coefficient (Wildman–Crippen LogP) is 2.48. The average Bonchev–Trinajstić information content (AvgIpc) is 2.41. The molecule has 1 heterocycles. The first-order chi connectivity index (χ1) is 9.79. The summed E-state index contributed by atoms with van der Waals surface area (Å²) in [4.78, 5) is 14.2. The number of sulfonamides is 1. The molecule has 0 unspecified atom stereocenters. The zero-order valence-corrected chi connectivity index (χ0v) is 12.6. The van der Waals surface area contributed by atoms with E-state index in [4.69, 9.17) is 5.11 Å². The predicted molar refractivity (Wildman–Crippen MR) is 76.1 cm³/mol. The zero-order valence-electron chi connectivity index (χ0n) is 10.2. The maximum atomic E-state index is 12.7. The third-order valence-corrected chi connectivity index (χ3v) is 4.78. The van der Waals surface area contributed by atoms with Gasteiger partial charge in [-0.05, 0) is 46.3 Å². The molecule has 9 heteroatoms. The van der Waals surface area contributed by atoms with Crippen LogP contribution in [0.2, 0.25) is 0 Å². The number of halogens is 2. The van der Waals surface area contributed by atoms with Crippen LogP contribution in [0.15, 0.2) is 45.9 Å². The summed E-state index contributed by atoms with van der Waals surface area (Å²) in [7, 11) is -4.06. The third-order valence-electron chi connectivity index (χ3n) is 2.43. The molecule has 0 saturated heterocycles. The normalized spacial score (nSPS) is 11.1. The van der Waals surface area contributed by atoms with E-state index in [1.807, 2.05) is 0 Å². The fraction of sp³-hybridized carbons (Fsp3) is 0. The Labute approximate surface area is 127 Å². The van der Waals surface area contributed by atoms with Crippen LogP contribution in [0.4, 0.5) is 10.2 Å². The first kappa shape index (κ1) is 15.4. The minimum atomic E-state index is -4.06. The summed E-state index contributed by atoms with van der Waals surface area (Å²) < 4.78 is 39.5. The van der Waals surface area contributed by atoms with Crippen LogP contribution in [-0.4, -0.2) is 24.5 Å². The third kappa shape index (κ3) is 3.56. The minimum absolute atomic E-state index is 0.0796. The lowest BCUT2D eigenvalue weighted by molar-refractivity contribution is 0.0696. The van der Waals surface area contributed by atoms with Crippen LogP contribution in [0, 0.1) is 5.82 Å². The van der Waals surface area contributed by atoms with Crippen LogP contribution in [0.3, 0.4) is 0 Å². The number of carbonyl (C=O) groups is 1. The minimum Gasteiger partial charge on any atom is -0.478 e. The first-order valence-corrected chi connectivity index (χ1v) is 7.74. The molecular weight excluding hydrogens is 367 g/mol. The quantitative estimate of drug-likeness (QED) is 0.856. The highest BCUT2D eigenvalue weighted by Crippen LogP contribution is 2.25. The largest absolute Gasteiger partial charge is 0.478 e. The standard InChI is InChI=1S/C12H8BrFN2O4S/c13-9-3-1-7(12(17)18)5-10(9)21(19,20)16-11-4-2-8(14)6-15-11/h1-6H,(H,15,16)(H,17,18). The highest BCUT2D eigenvalue weighted by molar-refractivity contribution is 9.10. The molecule has 0 radical (unpaired) electrons. The number of aromatic nitrogens is 1. The van der Waals surface area contributed by atoms with Gasteiger partial charge in [-0.2, -0.15) is 0 Å². The Morgan fingerprint density at radius 3 is 2.57 bits per heavy atom. The second-order valence-electron chi connectivity index (χ2n) is 3.92. The van der Waals surface area contributed by atoms with Crippen molar-refractivity contribution in [1.82, 2.24) is 4.98 Å². The van der Waals surface area contributed by atoms with Crippen molar-refractivity contribution in [1.29, 1.82) is 0 Å². The van der Waals surface area contributed by atoms with Gasteiger partial charge in [0.05, 0.1) is 11.8 Å². The number of rotatable bonds is 4. The van der Waals surface area contributed by atoms with E-state index in [2.05, 4.69) is 25.6 Å². The molecule has 2 N–H and O–H groups in total. The Bertz CT molecular complexity index is 793. The first-order valence-electron chi connectivity index (χ1n) is 5.47. The molecule has 0 fully saturated rings. The lowest BCUT2D eigenvalue weighted by Gasteiger charge is -2.09. The monoisotopic (exact) mass is 374 g/mol. The van der Waals surface area contributed by atoms with E-state index in [0.717, 1.165) is 24.4 Å². The van der Waals surface area contributed by atoms with Crippen LogP contribution in [0.1, 0.15) is 10.4 Å². The molecule has 2 aromatic rings. The van der Waals surface area contributed by atoms with Crippen molar-refractivity contribution in [3.8, 4) is 0 Å². The van der Waals surface area contributed by atoms with Crippen LogP contribution in [0.25, 0.3) is 0 Å². The number of carboxylic acid groups (broad SMARTS) is 1. The van der Waals surface area contributed by atoms with E-state index in [1.54, 1.807) is 0 Å². The van der Waals surface area contributed by atoms with Crippen molar-refractivity contribution in [3.05, 3.63) is 52.4 Å². The van der Waals surface area contributed by atoms with E-state index in [0.29, 0.717) is 0 Å². The Morgan fingerprint density at radius 2 is 2.00 bits per heavy atom. The van der Waals surface area contributed by atoms with Crippen molar-refractivity contribution >= 4 is 37.7 Å².